The maximum absolute atomic E-state index is 14.7. The van der Waals surface area contributed by atoms with E-state index in [1.54, 1.807) is 0 Å². The highest BCUT2D eigenvalue weighted by Gasteiger charge is 2.39. The van der Waals surface area contributed by atoms with E-state index in [1.165, 1.54) is 49.4 Å². The topological polar surface area (TPSA) is 42.0 Å². The number of hydrogen-bond donors (Lipinski definition) is 1. The molecule has 1 N–H and O–H groups in total. The summed E-state index contributed by atoms with van der Waals surface area (Å²) >= 11 is 5.96. The van der Waals surface area contributed by atoms with E-state index in [-0.39, 0.29) is 5.56 Å². The first kappa shape index (κ1) is 23.6. The molecular formula is C22H15ClF6N2O. The van der Waals surface area contributed by atoms with Gasteiger partial charge in [0.2, 0.25) is 0 Å². The van der Waals surface area contributed by atoms with Gasteiger partial charge >= 0.3 is 12.1 Å². The first-order valence-electron chi connectivity index (χ1n) is 9.15. The van der Waals surface area contributed by atoms with Crippen molar-refractivity contribution in [1.82, 2.24) is 10.3 Å². The van der Waals surface area contributed by atoms with Crippen LogP contribution in [-0.2, 0) is 12.1 Å². The number of alkyl halides is 5. The van der Waals surface area contributed by atoms with E-state index >= 15 is 0 Å². The van der Waals surface area contributed by atoms with Crippen LogP contribution in [0.3, 0.4) is 0 Å². The zero-order chi connectivity index (χ0) is 23.7. The Morgan fingerprint density at radius 2 is 1.69 bits per heavy atom. The molecule has 0 unspecified atom stereocenters. The van der Waals surface area contributed by atoms with Crippen molar-refractivity contribution in [1.29, 1.82) is 0 Å². The van der Waals surface area contributed by atoms with Crippen molar-refractivity contribution in [3.8, 4) is 11.1 Å². The number of benzene rings is 2. The van der Waals surface area contributed by atoms with Crippen molar-refractivity contribution in [2.75, 3.05) is 6.54 Å². The molecule has 0 atom stereocenters. The molecule has 0 bridgehead atoms. The molecule has 1 amide bonds. The van der Waals surface area contributed by atoms with Gasteiger partial charge in [0.25, 0.3) is 5.91 Å². The molecule has 0 radical (unpaired) electrons. The summed E-state index contributed by atoms with van der Waals surface area (Å²) in [5, 5.41) is 1.41. The smallest absolute Gasteiger partial charge is 0.346 e. The molecule has 0 fully saturated rings. The minimum atomic E-state index is -4.83. The summed E-state index contributed by atoms with van der Waals surface area (Å²) in [7, 11) is 0. The van der Waals surface area contributed by atoms with Crippen molar-refractivity contribution in [3.05, 3.63) is 88.0 Å². The van der Waals surface area contributed by atoms with Crippen molar-refractivity contribution in [2.45, 2.75) is 19.0 Å². The minimum absolute atomic E-state index is 0.210. The second-order valence-corrected chi connectivity index (χ2v) is 7.35. The second-order valence-electron chi connectivity index (χ2n) is 6.94. The van der Waals surface area contributed by atoms with Crippen molar-refractivity contribution >= 4 is 17.5 Å². The van der Waals surface area contributed by atoms with Crippen LogP contribution in [0.2, 0.25) is 5.02 Å². The van der Waals surface area contributed by atoms with Crippen LogP contribution in [-0.4, -0.2) is 17.4 Å². The fraction of sp³-hybridized carbons (Fsp3) is 0.182. The summed E-state index contributed by atoms with van der Waals surface area (Å²) in [6.07, 6.45) is -3.73. The molecule has 0 aliphatic carbocycles. The number of pyridine rings is 1. The fourth-order valence-electron chi connectivity index (χ4n) is 3.11. The van der Waals surface area contributed by atoms with Gasteiger partial charge < -0.3 is 5.32 Å². The van der Waals surface area contributed by atoms with Crippen LogP contribution in [0.15, 0.2) is 54.7 Å². The Morgan fingerprint density at radius 3 is 2.28 bits per heavy atom. The summed E-state index contributed by atoms with van der Waals surface area (Å²) in [6, 6.07) is 9.71. The second kappa shape index (κ2) is 8.82. The Bertz CT molecular complexity index is 1150. The van der Waals surface area contributed by atoms with Crippen LogP contribution in [0.1, 0.15) is 27.2 Å². The molecule has 3 aromatic rings. The quantitative estimate of drug-likeness (QED) is 0.437. The maximum Gasteiger partial charge on any atom is 0.417 e. The van der Waals surface area contributed by atoms with Gasteiger partial charge in [-0.1, -0.05) is 35.9 Å². The van der Waals surface area contributed by atoms with E-state index in [4.69, 9.17) is 11.6 Å². The summed E-state index contributed by atoms with van der Waals surface area (Å²) in [6.45, 7) is -0.153. The molecule has 3 nitrogen and oxygen atoms in total. The number of aromatic nitrogens is 1. The molecule has 1 heterocycles. The summed E-state index contributed by atoms with van der Waals surface area (Å²) in [5.41, 5.74) is -2.18. The molecule has 0 aliphatic rings. The zero-order valence-corrected chi connectivity index (χ0v) is 17.2. The SMILES string of the molecule is Cc1cccc(C(=O)NCC(F)(F)c2ncc(-c3ccc(F)cc3)cc2Cl)c1C(F)(F)F. The summed E-state index contributed by atoms with van der Waals surface area (Å²) in [4.78, 5) is 15.9. The molecule has 168 valence electrons. The summed E-state index contributed by atoms with van der Waals surface area (Å²) in [5.74, 6) is -5.55. The lowest BCUT2D eigenvalue weighted by Gasteiger charge is -2.20. The first-order chi connectivity index (χ1) is 14.9. The molecule has 3 rings (SSSR count). The van der Waals surface area contributed by atoms with Gasteiger partial charge in [-0.25, -0.2) is 4.39 Å². The van der Waals surface area contributed by atoms with Crippen LogP contribution >= 0.6 is 11.6 Å². The third-order valence-corrected chi connectivity index (χ3v) is 4.93. The van der Waals surface area contributed by atoms with Gasteiger partial charge in [0.1, 0.15) is 11.5 Å². The third-order valence-electron chi connectivity index (χ3n) is 4.64. The van der Waals surface area contributed by atoms with Gasteiger partial charge in [-0.05, 0) is 42.3 Å². The van der Waals surface area contributed by atoms with E-state index in [0.29, 0.717) is 11.1 Å². The number of hydrogen-bond acceptors (Lipinski definition) is 2. The van der Waals surface area contributed by atoms with Gasteiger partial charge in [-0.3, -0.25) is 9.78 Å². The van der Waals surface area contributed by atoms with Crippen LogP contribution in [0.25, 0.3) is 11.1 Å². The molecule has 1 aromatic heterocycles. The number of amides is 1. The zero-order valence-electron chi connectivity index (χ0n) is 16.4. The highest BCUT2D eigenvalue weighted by atomic mass is 35.5. The van der Waals surface area contributed by atoms with E-state index in [1.807, 2.05) is 5.32 Å². The average molecular weight is 473 g/mol. The minimum Gasteiger partial charge on any atom is -0.346 e. The molecule has 0 saturated carbocycles. The highest BCUT2D eigenvalue weighted by molar-refractivity contribution is 6.31. The van der Waals surface area contributed by atoms with Crippen LogP contribution in [0.4, 0.5) is 26.3 Å². The van der Waals surface area contributed by atoms with Crippen molar-refractivity contribution < 1.29 is 31.1 Å². The van der Waals surface area contributed by atoms with Crippen molar-refractivity contribution in [2.24, 2.45) is 0 Å². The lowest BCUT2D eigenvalue weighted by atomic mass is 10.0. The van der Waals surface area contributed by atoms with E-state index in [0.717, 1.165) is 12.3 Å². The molecule has 0 aliphatic heterocycles. The Balaban J connectivity index is 1.81. The van der Waals surface area contributed by atoms with Gasteiger partial charge in [0, 0.05) is 11.8 Å². The third kappa shape index (κ3) is 5.04. The van der Waals surface area contributed by atoms with E-state index in [2.05, 4.69) is 4.98 Å². The van der Waals surface area contributed by atoms with E-state index < -0.39 is 52.2 Å². The lowest BCUT2D eigenvalue weighted by molar-refractivity contribution is -0.138. The molecule has 32 heavy (non-hydrogen) atoms. The summed E-state index contributed by atoms with van der Waals surface area (Å²) < 4.78 is 82.2. The van der Waals surface area contributed by atoms with Crippen molar-refractivity contribution in [3.63, 3.8) is 0 Å². The van der Waals surface area contributed by atoms with E-state index in [9.17, 15) is 31.1 Å². The number of nitrogens with one attached hydrogen (secondary N) is 1. The Labute approximate surface area is 184 Å². The lowest BCUT2D eigenvalue weighted by Crippen LogP contribution is -2.36. The number of halogens is 7. The van der Waals surface area contributed by atoms with Gasteiger partial charge in [0.05, 0.1) is 22.7 Å². The molecule has 10 heteroatoms. The van der Waals surface area contributed by atoms with Gasteiger partial charge in [0.15, 0.2) is 0 Å². The Kier molecular flexibility index (Phi) is 6.50. The number of carbonyl (C=O) groups is 1. The predicted molar refractivity (Wildman–Crippen MR) is 107 cm³/mol. The van der Waals surface area contributed by atoms with Crippen LogP contribution in [0.5, 0.6) is 0 Å². The van der Waals surface area contributed by atoms with Crippen LogP contribution in [0, 0.1) is 12.7 Å². The fourth-order valence-corrected chi connectivity index (χ4v) is 3.42. The first-order valence-corrected chi connectivity index (χ1v) is 9.53. The Hall–Kier alpha value is -3.07. The largest absolute Gasteiger partial charge is 0.417 e. The maximum atomic E-state index is 14.7. The Morgan fingerprint density at radius 1 is 1.03 bits per heavy atom. The normalized spacial score (nSPS) is 12.0. The molecule has 0 saturated heterocycles. The molecule has 2 aromatic carbocycles. The number of rotatable bonds is 5. The van der Waals surface area contributed by atoms with Crippen LogP contribution < -0.4 is 5.32 Å². The average Bonchev–Trinajstić information content (AvgIpc) is 2.71. The molecular weight excluding hydrogens is 458 g/mol. The highest BCUT2D eigenvalue weighted by Crippen LogP contribution is 2.36. The predicted octanol–water partition coefficient (Wildman–Crippen LogP) is 6.39. The standard InChI is InChI=1S/C22H15ClF6N2O/c1-12-3-2-4-16(18(12)22(27,28)29)20(32)31-11-21(25,26)19-17(23)9-14(10-30-19)13-5-7-15(24)8-6-13/h2-10H,11H2,1H3,(H,31,32). The van der Waals surface area contributed by atoms with Gasteiger partial charge in [-0.2, -0.15) is 22.0 Å². The van der Waals surface area contributed by atoms with Gasteiger partial charge in [-0.15, -0.1) is 0 Å². The molecule has 0 spiro atoms. The number of nitrogens with zero attached hydrogens (tertiary/aromatic N) is 1. The number of aryl methyl sites for hydroxylation is 1. The number of carbonyl (C=O) groups excluding carboxylic acids is 1. The monoisotopic (exact) mass is 472 g/mol.